The van der Waals surface area contributed by atoms with E-state index >= 15 is 0 Å². The minimum atomic E-state index is 0.663. The molecule has 1 aliphatic rings. The minimum Gasteiger partial charge on any atom is -0.497 e. The van der Waals surface area contributed by atoms with E-state index in [0.717, 1.165) is 54.0 Å². The monoisotopic (exact) mass is 346 g/mol. The van der Waals surface area contributed by atoms with Gasteiger partial charge in [-0.3, -0.25) is 0 Å². The Hall–Kier alpha value is -1.91. The highest BCUT2D eigenvalue weighted by Crippen LogP contribution is 2.27. The quantitative estimate of drug-likeness (QED) is 0.830. The van der Waals surface area contributed by atoms with Gasteiger partial charge in [0, 0.05) is 48.9 Å². The molecule has 0 aliphatic carbocycles. The van der Waals surface area contributed by atoms with Gasteiger partial charge in [-0.15, -0.1) is 0 Å². The Balaban J connectivity index is 1.85. The van der Waals surface area contributed by atoms with Crippen LogP contribution in [0, 0.1) is 5.92 Å². The fourth-order valence-electron chi connectivity index (χ4n) is 2.90. The van der Waals surface area contributed by atoms with Crippen molar-refractivity contribution in [2.45, 2.75) is 6.54 Å². The molecule has 0 amide bonds. The van der Waals surface area contributed by atoms with E-state index in [1.165, 1.54) is 0 Å². The molecular formula is C19H23ClN2O2. The summed E-state index contributed by atoms with van der Waals surface area (Å²) in [6.45, 7) is 3.91. The molecule has 128 valence electrons. The summed E-state index contributed by atoms with van der Waals surface area (Å²) in [5.74, 6) is 2.28. The molecule has 0 spiro atoms. The van der Waals surface area contributed by atoms with E-state index in [1.807, 2.05) is 24.3 Å². The van der Waals surface area contributed by atoms with E-state index < -0.39 is 0 Å². The maximum atomic E-state index is 6.19. The molecule has 1 saturated heterocycles. The van der Waals surface area contributed by atoms with Gasteiger partial charge in [0.2, 0.25) is 0 Å². The summed E-state index contributed by atoms with van der Waals surface area (Å²) in [5.41, 5.74) is 2.29. The zero-order chi connectivity index (χ0) is 16.9. The van der Waals surface area contributed by atoms with Gasteiger partial charge in [0.05, 0.1) is 14.2 Å². The number of methoxy groups -OCH3 is 2. The first kappa shape index (κ1) is 16.9. The average Bonchev–Trinajstić information content (AvgIpc) is 2.56. The first-order valence-electron chi connectivity index (χ1n) is 8.11. The molecular weight excluding hydrogens is 324 g/mol. The summed E-state index contributed by atoms with van der Waals surface area (Å²) in [4.78, 5) is 2.37. The molecule has 0 unspecified atom stereocenters. The molecule has 0 bridgehead atoms. The van der Waals surface area contributed by atoms with E-state index in [-0.39, 0.29) is 0 Å². The van der Waals surface area contributed by atoms with Crippen molar-refractivity contribution in [1.29, 1.82) is 0 Å². The zero-order valence-electron chi connectivity index (χ0n) is 14.1. The van der Waals surface area contributed by atoms with Gasteiger partial charge in [0.25, 0.3) is 0 Å². The summed E-state index contributed by atoms with van der Waals surface area (Å²) in [6.07, 6.45) is 0. The van der Waals surface area contributed by atoms with Gasteiger partial charge in [-0.25, -0.2) is 0 Å². The van der Waals surface area contributed by atoms with Gasteiger partial charge in [-0.05, 0) is 35.9 Å². The third-order valence-electron chi connectivity index (χ3n) is 4.30. The van der Waals surface area contributed by atoms with Gasteiger partial charge in [0.1, 0.15) is 11.5 Å². The molecule has 1 heterocycles. The normalized spacial score (nSPS) is 14.1. The zero-order valence-corrected chi connectivity index (χ0v) is 14.8. The third-order valence-corrected chi connectivity index (χ3v) is 4.54. The number of hydrogen-bond donors (Lipinski definition) is 1. The average molecular weight is 347 g/mol. The van der Waals surface area contributed by atoms with Crippen molar-refractivity contribution in [3.63, 3.8) is 0 Å². The minimum absolute atomic E-state index is 0.663. The Bertz CT molecular complexity index is 667. The Morgan fingerprint density at radius 3 is 2.33 bits per heavy atom. The van der Waals surface area contributed by atoms with Crippen LogP contribution < -0.4 is 19.7 Å². The third kappa shape index (κ3) is 4.13. The van der Waals surface area contributed by atoms with E-state index in [4.69, 9.17) is 21.1 Å². The summed E-state index contributed by atoms with van der Waals surface area (Å²) in [5, 5.41) is 4.09. The van der Waals surface area contributed by atoms with Crippen molar-refractivity contribution in [2.24, 2.45) is 5.92 Å². The highest BCUT2D eigenvalue weighted by atomic mass is 35.5. The molecule has 0 saturated carbocycles. The van der Waals surface area contributed by atoms with Crippen LogP contribution in [0.25, 0.3) is 0 Å². The second kappa shape index (κ2) is 7.77. The molecule has 2 aromatic rings. The molecule has 1 fully saturated rings. The van der Waals surface area contributed by atoms with Crippen LogP contribution in [-0.2, 0) is 6.54 Å². The van der Waals surface area contributed by atoms with Crippen LogP contribution in [0.15, 0.2) is 42.5 Å². The summed E-state index contributed by atoms with van der Waals surface area (Å²) < 4.78 is 10.8. The molecule has 1 N–H and O–H groups in total. The second-order valence-electron chi connectivity index (χ2n) is 6.11. The van der Waals surface area contributed by atoms with E-state index in [1.54, 1.807) is 14.2 Å². The number of ether oxygens (including phenoxy) is 2. The number of rotatable bonds is 7. The smallest absolute Gasteiger partial charge is 0.122 e. The summed E-state index contributed by atoms with van der Waals surface area (Å²) in [7, 11) is 3.35. The molecule has 1 aliphatic heterocycles. The lowest BCUT2D eigenvalue weighted by Crippen LogP contribution is -2.48. The second-order valence-corrected chi connectivity index (χ2v) is 6.54. The predicted molar refractivity (Wildman–Crippen MR) is 98.4 cm³/mol. The van der Waals surface area contributed by atoms with Crippen LogP contribution in [0.5, 0.6) is 11.5 Å². The fraction of sp³-hybridized carbons (Fsp3) is 0.368. The molecule has 0 aromatic heterocycles. The lowest BCUT2D eigenvalue weighted by molar-refractivity contribution is 0.347. The largest absolute Gasteiger partial charge is 0.497 e. The van der Waals surface area contributed by atoms with Crippen molar-refractivity contribution in [3.8, 4) is 11.5 Å². The molecule has 0 radical (unpaired) electrons. The highest BCUT2D eigenvalue weighted by molar-refractivity contribution is 6.30. The summed E-state index contributed by atoms with van der Waals surface area (Å²) in [6, 6.07) is 14.0. The van der Waals surface area contributed by atoms with Gasteiger partial charge < -0.3 is 19.7 Å². The van der Waals surface area contributed by atoms with Crippen LogP contribution in [0.2, 0.25) is 5.02 Å². The van der Waals surface area contributed by atoms with Crippen molar-refractivity contribution in [3.05, 3.63) is 53.1 Å². The van der Waals surface area contributed by atoms with Crippen LogP contribution in [0.1, 0.15) is 5.56 Å². The van der Waals surface area contributed by atoms with Gasteiger partial charge in [0.15, 0.2) is 0 Å². The number of benzene rings is 2. The van der Waals surface area contributed by atoms with Gasteiger partial charge >= 0.3 is 0 Å². The maximum absolute atomic E-state index is 6.19. The number of nitrogens with one attached hydrogen (secondary N) is 1. The van der Waals surface area contributed by atoms with Crippen molar-refractivity contribution < 1.29 is 9.47 Å². The van der Waals surface area contributed by atoms with E-state index in [9.17, 15) is 0 Å². The lowest BCUT2D eigenvalue weighted by atomic mass is 10.0. The maximum Gasteiger partial charge on any atom is 0.122 e. The number of halogens is 1. The van der Waals surface area contributed by atoms with Crippen LogP contribution >= 0.6 is 11.6 Å². The molecule has 2 aromatic carbocycles. The Morgan fingerprint density at radius 2 is 1.79 bits per heavy atom. The predicted octanol–water partition coefficient (Wildman–Crippen LogP) is 3.58. The number of nitrogens with zero attached hydrogens (tertiary/aromatic N) is 1. The Labute approximate surface area is 148 Å². The molecule has 0 atom stereocenters. The fourth-order valence-corrected chi connectivity index (χ4v) is 3.09. The number of hydrogen-bond acceptors (Lipinski definition) is 4. The molecule has 24 heavy (non-hydrogen) atoms. The van der Waals surface area contributed by atoms with Crippen LogP contribution in [0.3, 0.4) is 0 Å². The van der Waals surface area contributed by atoms with Gasteiger partial charge in [-0.2, -0.15) is 0 Å². The SMILES string of the molecule is COc1cc(CN(CC2CNC2)c2cccc(Cl)c2)cc(OC)c1. The van der Waals surface area contributed by atoms with Crippen molar-refractivity contribution in [1.82, 2.24) is 5.32 Å². The topological polar surface area (TPSA) is 33.7 Å². The van der Waals surface area contributed by atoms with Gasteiger partial charge in [-0.1, -0.05) is 17.7 Å². The van der Waals surface area contributed by atoms with E-state index in [0.29, 0.717) is 5.92 Å². The molecule has 4 nitrogen and oxygen atoms in total. The van der Waals surface area contributed by atoms with Crippen molar-refractivity contribution in [2.75, 3.05) is 38.8 Å². The highest BCUT2D eigenvalue weighted by Gasteiger charge is 2.21. The van der Waals surface area contributed by atoms with E-state index in [2.05, 4.69) is 28.4 Å². The standard InChI is InChI=1S/C19H23ClN2O2/c1-23-18-6-14(7-19(9-18)24-2)12-22(13-15-10-21-11-15)17-5-3-4-16(20)8-17/h3-9,15,21H,10-13H2,1-2H3. The first-order valence-corrected chi connectivity index (χ1v) is 8.49. The lowest BCUT2D eigenvalue weighted by Gasteiger charge is -2.34. The first-order chi connectivity index (χ1) is 11.7. The Morgan fingerprint density at radius 1 is 1.08 bits per heavy atom. The molecule has 5 heteroatoms. The van der Waals surface area contributed by atoms with Crippen LogP contribution in [0.4, 0.5) is 5.69 Å². The van der Waals surface area contributed by atoms with Crippen LogP contribution in [-0.4, -0.2) is 33.9 Å². The Kier molecular flexibility index (Phi) is 5.48. The summed E-state index contributed by atoms with van der Waals surface area (Å²) >= 11 is 6.19. The molecule has 3 rings (SSSR count). The van der Waals surface area contributed by atoms with Crippen molar-refractivity contribution >= 4 is 17.3 Å². The number of anilines is 1.